The van der Waals surface area contributed by atoms with Crippen LogP contribution < -0.4 is 0 Å². The van der Waals surface area contributed by atoms with Crippen molar-refractivity contribution in [2.75, 3.05) is 0 Å². The van der Waals surface area contributed by atoms with Gasteiger partial charge in [0.05, 0.1) is 34.7 Å². The van der Waals surface area contributed by atoms with Gasteiger partial charge < -0.3 is 14.9 Å². The molecule has 1 aliphatic heterocycles. The molecule has 0 aromatic carbocycles. The Kier molecular flexibility index (Phi) is 10.3. The molecule has 0 saturated heterocycles. The van der Waals surface area contributed by atoms with Gasteiger partial charge >= 0.3 is 12.1 Å². The molecule has 2 rings (SSSR count). The fraction of sp³-hybridized carbons (Fsp3) is 0.607. The lowest BCUT2D eigenvalue weighted by Crippen LogP contribution is -2.46. The maximum Gasteiger partial charge on any atom is 0.412 e. The first-order valence-electron chi connectivity index (χ1n) is 12.5. The minimum absolute atomic E-state index is 0.277. The highest BCUT2D eigenvalue weighted by molar-refractivity contribution is 7.09. The van der Waals surface area contributed by atoms with Gasteiger partial charge in [-0.05, 0) is 38.8 Å². The molecule has 2 heterocycles. The van der Waals surface area contributed by atoms with Gasteiger partial charge in [0.15, 0.2) is 0 Å². The number of esters is 1. The Balaban J connectivity index is 2.58. The van der Waals surface area contributed by atoms with Crippen molar-refractivity contribution in [1.29, 1.82) is 0 Å². The van der Waals surface area contributed by atoms with E-state index in [1.165, 1.54) is 51.2 Å². The number of aromatic nitrogens is 1. The molecule has 0 saturated carbocycles. The lowest BCUT2D eigenvalue weighted by Gasteiger charge is -2.35. The van der Waals surface area contributed by atoms with Crippen molar-refractivity contribution in [3.63, 3.8) is 0 Å². The highest BCUT2D eigenvalue weighted by Crippen LogP contribution is 2.36. The summed E-state index contributed by atoms with van der Waals surface area (Å²) in [6.45, 7) is 11.1. The van der Waals surface area contributed by atoms with Crippen LogP contribution in [0.2, 0.25) is 0 Å². The topological polar surface area (TPSA) is 96.7 Å². The van der Waals surface area contributed by atoms with E-state index < -0.39 is 71.4 Å². The number of allylic oxidation sites excluding steroid dienone is 2. The van der Waals surface area contributed by atoms with Crippen LogP contribution in [0.15, 0.2) is 34.8 Å². The van der Waals surface area contributed by atoms with Gasteiger partial charge in [-0.3, -0.25) is 9.59 Å². The van der Waals surface area contributed by atoms with Crippen LogP contribution in [0.1, 0.15) is 71.5 Å². The first-order chi connectivity index (χ1) is 17.4. The van der Waals surface area contributed by atoms with Gasteiger partial charge in [0, 0.05) is 29.2 Å². The van der Waals surface area contributed by atoms with Crippen LogP contribution >= 0.6 is 11.3 Å². The van der Waals surface area contributed by atoms with Crippen molar-refractivity contribution in [1.82, 2.24) is 4.98 Å². The van der Waals surface area contributed by atoms with Crippen molar-refractivity contribution >= 4 is 29.2 Å². The summed E-state index contributed by atoms with van der Waals surface area (Å²) in [6.07, 6.45) is -3.09. The number of hydrogen-bond acceptors (Lipinski definition) is 7. The third-order valence-corrected chi connectivity index (χ3v) is 8.14. The molecule has 1 aromatic rings. The predicted molar refractivity (Wildman–Crippen MR) is 141 cm³/mol. The summed E-state index contributed by atoms with van der Waals surface area (Å²) in [5.74, 6) is -2.88. The number of alkyl halides is 3. The summed E-state index contributed by atoms with van der Waals surface area (Å²) in [4.78, 5) is 30.5. The molecule has 0 fully saturated rings. The van der Waals surface area contributed by atoms with Crippen LogP contribution in [0.4, 0.5) is 13.2 Å². The molecule has 0 spiro atoms. The molecular weight excluding hydrogens is 519 g/mol. The lowest BCUT2D eigenvalue weighted by atomic mass is 9.73. The van der Waals surface area contributed by atoms with Gasteiger partial charge in [0.2, 0.25) is 0 Å². The van der Waals surface area contributed by atoms with E-state index in [4.69, 9.17) is 4.74 Å². The second kappa shape index (κ2) is 12.3. The van der Waals surface area contributed by atoms with Crippen molar-refractivity contribution in [3.05, 3.63) is 45.5 Å². The van der Waals surface area contributed by atoms with Gasteiger partial charge in [0.25, 0.3) is 0 Å². The molecule has 1 aromatic heterocycles. The van der Waals surface area contributed by atoms with Crippen molar-refractivity contribution in [3.8, 4) is 0 Å². The molecule has 0 bridgehead atoms. The SMILES string of the molecule is C/C(=C\c1csc(C)n1)[C@]1(C)C/C=C(/C(F)(F)F)C/C=C/C(C)[C@H](O)C(C)C(=O)C(C)(C)[C@@H](O)CC(=O)O1. The van der Waals surface area contributed by atoms with E-state index in [-0.39, 0.29) is 6.42 Å². The van der Waals surface area contributed by atoms with E-state index in [1.54, 1.807) is 25.3 Å². The number of hydrogen-bond donors (Lipinski definition) is 2. The van der Waals surface area contributed by atoms with Crippen LogP contribution in [0.25, 0.3) is 6.08 Å². The minimum Gasteiger partial charge on any atom is -0.454 e. The maximum absolute atomic E-state index is 13.9. The Morgan fingerprint density at radius 3 is 2.39 bits per heavy atom. The second-order valence-electron chi connectivity index (χ2n) is 10.8. The quantitative estimate of drug-likeness (QED) is 0.343. The molecule has 6 nitrogen and oxygen atoms in total. The zero-order valence-electron chi connectivity index (χ0n) is 22.9. The van der Waals surface area contributed by atoms with E-state index in [9.17, 15) is 33.0 Å². The minimum atomic E-state index is -4.63. The molecule has 1 aliphatic rings. The van der Waals surface area contributed by atoms with Crippen LogP contribution in [-0.4, -0.2) is 50.9 Å². The van der Waals surface area contributed by atoms with Crippen molar-refractivity contribution in [2.24, 2.45) is 17.3 Å². The zero-order valence-corrected chi connectivity index (χ0v) is 23.7. The predicted octanol–water partition coefficient (Wildman–Crippen LogP) is 5.97. The van der Waals surface area contributed by atoms with E-state index >= 15 is 0 Å². The summed E-state index contributed by atoms with van der Waals surface area (Å²) < 4.78 is 47.4. The summed E-state index contributed by atoms with van der Waals surface area (Å²) in [5.41, 5.74) is -2.63. The molecule has 10 heteroatoms. The Bertz CT molecular complexity index is 1100. The van der Waals surface area contributed by atoms with Crippen LogP contribution in [0.5, 0.6) is 0 Å². The highest BCUT2D eigenvalue weighted by Gasteiger charge is 2.43. The van der Waals surface area contributed by atoms with Gasteiger partial charge in [-0.15, -0.1) is 11.3 Å². The summed E-state index contributed by atoms with van der Waals surface area (Å²) in [5, 5.41) is 24.1. The van der Waals surface area contributed by atoms with Crippen LogP contribution in [-0.2, 0) is 14.3 Å². The highest BCUT2D eigenvalue weighted by atomic mass is 32.1. The average Bonchev–Trinajstić information content (AvgIpc) is 3.22. The summed E-state index contributed by atoms with van der Waals surface area (Å²) >= 11 is 1.41. The largest absolute Gasteiger partial charge is 0.454 e. The molecular formula is C28H38F3NO5S. The van der Waals surface area contributed by atoms with Gasteiger partial charge in [-0.1, -0.05) is 45.9 Å². The zero-order chi connectivity index (χ0) is 29.1. The maximum atomic E-state index is 13.9. The fourth-order valence-corrected chi connectivity index (χ4v) is 4.90. The van der Waals surface area contributed by atoms with Gasteiger partial charge in [0.1, 0.15) is 11.4 Å². The smallest absolute Gasteiger partial charge is 0.412 e. The number of aryl methyl sites for hydroxylation is 1. The third-order valence-electron chi connectivity index (χ3n) is 7.35. The number of carbonyl (C=O) groups is 2. The Morgan fingerprint density at radius 2 is 1.84 bits per heavy atom. The number of thiazole rings is 1. The Hall–Kier alpha value is -2.30. The number of ketones is 1. The number of ether oxygens (including phenoxy) is 1. The lowest BCUT2D eigenvalue weighted by molar-refractivity contribution is -0.160. The van der Waals surface area contributed by atoms with Gasteiger partial charge in [-0.25, -0.2) is 4.98 Å². The molecule has 0 aliphatic carbocycles. The number of aliphatic hydroxyl groups excluding tert-OH is 2. The number of cyclic esters (lactones) is 1. The first-order valence-corrected chi connectivity index (χ1v) is 13.4. The monoisotopic (exact) mass is 557 g/mol. The number of halogens is 3. The number of carbonyl (C=O) groups excluding carboxylic acids is 2. The fourth-order valence-electron chi connectivity index (χ4n) is 4.33. The van der Waals surface area contributed by atoms with E-state index in [2.05, 4.69) is 4.98 Å². The normalized spacial score (nSPS) is 32.8. The molecule has 5 atom stereocenters. The molecule has 2 unspecified atom stereocenters. The molecule has 212 valence electrons. The molecule has 38 heavy (non-hydrogen) atoms. The summed E-state index contributed by atoms with van der Waals surface area (Å²) in [6, 6.07) is 0. The van der Waals surface area contributed by atoms with E-state index in [1.807, 2.05) is 6.92 Å². The van der Waals surface area contributed by atoms with E-state index in [0.29, 0.717) is 11.3 Å². The molecule has 0 amide bonds. The Labute approximate surface area is 226 Å². The molecule has 0 radical (unpaired) electrons. The second-order valence-corrected chi connectivity index (χ2v) is 11.9. The van der Waals surface area contributed by atoms with Crippen molar-refractivity contribution in [2.45, 2.75) is 91.7 Å². The molecule has 2 N–H and O–H groups in total. The number of rotatable bonds is 2. The van der Waals surface area contributed by atoms with Gasteiger partial charge in [-0.2, -0.15) is 13.2 Å². The average molecular weight is 558 g/mol. The number of aliphatic hydroxyl groups is 2. The first kappa shape index (κ1) is 31.9. The Morgan fingerprint density at radius 1 is 1.21 bits per heavy atom. The van der Waals surface area contributed by atoms with Crippen LogP contribution in [0.3, 0.4) is 0 Å². The number of Topliss-reactive ketones (excluding diaryl/α,β-unsaturated/α-hetero) is 1. The third kappa shape index (κ3) is 7.86. The standard InChI is InChI=1S/C28H38F3NO5S/c1-16-9-8-10-20(28(29,30)31)11-12-27(7,17(2)13-21-15-38-19(4)32-21)37-23(34)14-22(33)26(5,6)25(36)18(3)24(16)35/h8-9,11,13,15-16,18,22,24,33,35H,10,12,14H2,1-7H3/b9-8+,17-13+,20-11+/t16?,18?,22-,24-,27-/m0/s1. The van der Waals surface area contributed by atoms with Crippen LogP contribution in [0, 0.1) is 24.2 Å². The number of nitrogens with zero attached hydrogens (tertiary/aromatic N) is 1. The summed E-state index contributed by atoms with van der Waals surface area (Å²) in [7, 11) is 0. The van der Waals surface area contributed by atoms with Crippen molar-refractivity contribution < 1.29 is 37.7 Å². The van der Waals surface area contributed by atoms with E-state index in [0.717, 1.165) is 11.1 Å².